The zero-order chi connectivity index (χ0) is 19.8. The van der Waals surface area contributed by atoms with Gasteiger partial charge in [-0.15, -0.1) is 0 Å². The van der Waals surface area contributed by atoms with Gasteiger partial charge >= 0.3 is 0 Å². The van der Waals surface area contributed by atoms with Gasteiger partial charge in [-0.05, 0) is 63.0 Å². The molecule has 2 aliphatic rings. The van der Waals surface area contributed by atoms with Crippen LogP contribution in [0.15, 0.2) is 29.4 Å². The fourth-order valence-electron chi connectivity index (χ4n) is 3.97. The minimum absolute atomic E-state index is 0.0613. The van der Waals surface area contributed by atoms with Gasteiger partial charge in [-0.1, -0.05) is 11.6 Å². The molecule has 2 aromatic rings. The first kappa shape index (κ1) is 18.7. The molecule has 1 saturated heterocycles. The Balaban J connectivity index is 1.66. The second-order valence-electron chi connectivity index (χ2n) is 7.32. The number of carbonyl (C=O) groups is 2. The number of likely N-dealkylation sites (tertiary alicyclic amines) is 1. The highest BCUT2D eigenvalue weighted by molar-refractivity contribution is 6.38. The Labute approximate surface area is 167 Å². The summed E-state index contributed by atoms with van der Waals surface area (Å²) in [6.07, 6.45) is 5.33. The van der Waals surface area contributed by atoms with E-state index in [4.69, 9.17) is 17.3 Å². The first-order valence-electron chi connectivity index (χ1n) is 9.27. The number of piperidine rings is 1. The summed E-state index contributed by atoms with van der Waals surface area (Å²) in [6, 6.07) is 4.03. The number of nitrogens with two attached hydrogens (primary N) is 1. The normalized spacial score (nSPS) is 19.5. The lowest BCUT2D eigenvalue weighted by Crippen LogP contribution is -2.43. The Morgan fingerprint density at radius 2 is 2.11 bits per heavy atom. The van der Waals surface area contributed by atoms with Crippen molar-refractivity contribution in [2.24, 2.45) is 5.73 Å². The molecule has 0 saturated carbocycles. The van der Waals surface area contributed by atoms with E-state index in [0.29, 0.717) is 29.7 Å². The number of nitrogens with zero attached hydrogens (tertiary/aromatic N) is 3. The van der Waals surface area contributed by atoms with Crippen molar-refractivity contribution in [2.45, 2.75) is 25.4 Å². The molecule has 4 rings (SSSR count). The number of nitrogens with one attached hydrogen (secondary N) is 1. The summed E-state index contributed by atoms with van der Waals surface area (Å²) >= 11 is 6.11. The zero-order valence-electron chi connectivity index (χ0n) is 15.6. The van der Waals surface area contributed by atoms with Crippen LogP contribution in [0.1, 0.15) is 34.6 Å². The number of halogens is 1. The minimum Gasteiger partial charge on any atom is -0.405 e. The lowest BCUT2D eigenvalue weighted by molar-refractivity contribution is -0.103. The Morgan fingerprint density at radius 1 is 1.36 bits per heavy atom. The van der Waals surface area contributed by atoms with Gasteiger partial charge in [-0.25, -0.2) is 4.98 Å². The van der Waals surface area contributed by atoms with Gasteiger partial charge in [-0.2, -0.15) is 0 Å². The average Bonchev–Trinajstić information content (AvgIpc) is 3.22. The third-order valence-electron chi connectivity index (χ3n) is 5.54. The van der Waals surface area contributed by atoms with E-state index in [2.05, 4.69) is 21.9 Å². The summed E-state index contributed by atoms with van der Waals surface area (Å²) in [5.41, 5.74) is 8.64. The maximum Gasteiger partial charge on any atom is 0.254 e. The number of aldehydes is 1. The molecule has 0 spiro atoms. The van der Waals surface area contributed by atoms with Crippen LogP contribution >= 0.6 is 11.6 Å². The molecule has 1 aromatic carbocycles. The molecule has 2 aliphatic heterocycles. The first-order chi connectivity index (χ1) is 13.5. The number of hydrogen-bond acceptors (Lipinski definition) is 5. The maximum atomic E-state index is 13.0. The fourth-order valence-corrected chi connectivity index (χ4v) is 4.18. The molecule has 8 heteroatoms. The fraction of sp³-hybridized carbons (Fsp3) is 0.350. The highest BCUT2D eigenvalue weighted by Crippen LogP contribution is 2.31. The third-order valence-corrected chi connectivity index (χ3v) is 5.87. The summed E-state index contributed by atoms with van der Waals surface area (Å²) in [7, 11) is 2.11. The van der Waals surface area contributed by atoms with Crippen molar-refractivity contribution < 1.29 is 9.59 Å². The number of aromatic nitrogens is 2. The van der Waals surface area contributed by atoms with Crippen LogP contribution < -0.4 is 5.73 Å². The van der Waals surface area contributed by atoms with E-state index in [0.717, 1.165) is 37.0 Å². The smallest absolute Gasteiger partial charge is 0.254 e. The van der Waals surface area contributed by atoms with Crippen molar-refractivity contribution in [1.29, 1.82) is 0 Å². The van der Waals surface area contributed by atoms with Crippen molar-refractivity contribution >= 4 is 40.4 Å². The first-order valence-corrected chi connectivity index (χ1v) is 9.65. The second-order valence-corrected chi connectivity index (χ2v) is 7.73. The van der Waals surface area contributed by atoms with E-state index in [1.54, 1.807) is 6.07 Å². The molecular formula is C20H22ClN5O2. The lowest BCUT2D eigenvalue weighted by Gasteiger charge is -2.34. The van der Waals surface area contributed by atoms with Crippen molar-refractivity contribution in [3.05, 3.63) is 46.4 Å². The Kier molecular flexibility index (Phi) is 4.95. The number of H-pyrrole nitrogens is 1. The molecule has 3 N–H and O–H groups in total. The molecule has 1 amide bonds. The Hall–Kier alpha value is -2.64. The summed E-state index contributed by atoms with van der Waals surface area (Å²) in [5, 5.41) is 0.202. The molecule has 0 atom stereocenters. The van der Waals surface area contributed by atoms with Crippen LogP contribution in [0.5, 0.6) is 0 Å². The highest BCUT2D eigenvalue weighted by atomic mass is 35.5. The van der Waals surface area contributed by atoms with Gasteiger partial charge in [-0.3, -0.25) is 9.59 Å². The van der Waals surface area contributed by atoms with Gasteiger partial charge < -0.3 is 20.5 Å². The number of aromatic amines is 1. The number of benzene rings is 1. The Morgan fingerprint density at radius 3 is 2.79 bits per heavy atom. The summed E-state index contributed by atoms with van der Waals surface area (Å²) in [4.78, 5) is 36.3. The number of hydrogen-bond donors (Lipinski definition) is 2. The molecule has 1 fully saturated rings. The highest BCUT2D eigenvalue weighted by Gasteiger charge is 2.34. The standard InChI is InChI=1S/C20H22ClN5O2/c1-25-6-3-13(4-7-25)26-10-12-8-17-18(9-14(12)20(26)28)24-19(23-17)15(11-27)16(21)2-5-22/h2,5,8-9,11,13H,3-4,6-7,10,22H2,1H3,(H,23,24)/b5-2-,16-15-. The quantitative estimate of drug-likeness (QED) is 0.467. The van der Waals surface area contributed by atoms with Crippen LogP contribution in [0.3, 0.4) is 0 Å². The number of allylic oxidation sites excluding steroid dienone is 3. The lowest BCUT2D eigenvalue weighted by atomic mass is 10.0. The number of amides is 1. The molecular weight excluding hydrogens is 378 g/mol. The predicted molar refractivity (Wildman–Crippen MR) is 109 cm³/mol. The molecule has 0 bridgehead atoms. The SMILES string of the molecule is CN1CCC(N2Cc3cc4[nH]c(/C(C=O)=C(Cl)/C=C\N)nc4cc3C2=O)CC1. The van der Waals surface area contributed by atoms with Gasteiger partial charge in [0.15, 0.2) is 6.29 Å². The van der Waals surface area contributed by atoms with Gasteiger partial charge in [0.1, 0.15) is 5.82 Å². The van der Waals surface area contributed by atoms with Crippen LogP contribution in [0.4, 0.5) is 0 Å². The molecule has 146 valence electrons. The van der Waals surface area contributed by atoms with Gasteiger partial charge in [0, 0.05) is 18.2 Å². The van der Waals surface area contributed by atoms with Crippen LogP contribution in [-0.4, -0.2) is 58.1 Å². The minimum atomic E-state index is 0.0613. The molecule has 3 heterocycles. The molecule has 0 aliphatic carbocycles. The van der Waals surface area contributed by atoms with E-state index in [9.17, 15) is 9.59 Å². The average molecular weight is 400 g/mol. The van der Waals surface area contributed by atoms with Gasteiger partial charge in [0.2, 0.25) is 0 Å². The van der Waals surface area contributed by atoms with Crippen LogP contribution in [0.2, 0.25) is 0 Å². The van der Waals surface area contributed by atoms with Crippen molar-refractivity contribution in [2.75, 3.05) is 20.1 Å². The predicted octanol–water partition coefficient (Wildman–Crippen LogP) is 2.23. The van der Waals surface area contributed by atoms with E-state index in [1.165, 1.54) is 12.3 Å². The molecule has 7 nitrogen and oxygen atoms in total. The largest absolute Gasteiger partial charge is 0.405 e. The topological polar surface area (TPSA) is 95.3 Å². The molecule has 0 unspecified atom stereocenters. The van der Waals surface area contributed by atoms with E-state index >= 15 is 0 Å². The number of carbonyl (C=O) groups excluding carboxylic acids is 2. The number of imidazole rings is 1. The molecule has 0 radical (unpaired) electrons. The van der Waals surface area contributed by atoms with E-state index < -0.39 is 0 Å². The van der Waals surface area contributed by atoms with Crippen LogP contribution in [-0.2, 0) is 11.3 Å². The van der Waals surface area contributed by atoms with E-state index in [1.807, 2.05) is 11.0 Å². The maximum absolute atomic E-state index is 13.0. The number of fused-ring (bicyclic) bond motifs is 2. The molecule has 28 heavy (non-hydrogen) atoms. The van der Waals surface area contributed by atoms with Crippen molar-refractivity contribution in [3.8, 4) is 0 Å². The summed E-state index contributed by atoms with van der Waals surface area (Å²) in [6.45, 7) is 2.63. The third kappa shape index (κ3) is 3.21. The monoisotopic (exact) mass is 399 g/mol. The van der Waals surface area contributed by atoms with E-state index in [-0.39, 0.29) is 22.6 Å². The van der Waals surface area contributed by atoms with Gasteiger partial charge in [0.05, 0.1) is 21.6 Å². The molecule has 1 aromatic heterocycles. The Bertz CT molecular complexity index is 1000. The summed E-state index contributed by atoms with van der Waals surface area (Å²) in [5.74, 6) is 0.419. The van der Waals surface area contributed by atoms with Crippen molar-refractivity contribution in [1.82, 2.24) is 19.8 Å². The van der Waals surface area contributed by atoms with Crippen LogP contribution in [0, 0.1) is 0 Å². The van der Waals surface area contributed by atoms with Crippen LogP contribution in [0.25, 0.3) is 16.6 Å². The summed E-state index contributed by atoms with van der Waals surface area (Å²) < 4.78 is 0. The second kappa shape index (κ2) is 7.41. The van der Waals surface area contributed by atoms with Crippen molar-refractivity contribution in [3.63, 3.8) is 0 Å². The number of rotatable bonds is 4. The zero-order valence-corrected chi connectivity index (χ0v) is 16.4. The van der Waals surface area contributed by atoms with Gasteiger partial charge in [0.25, 0.3) is 5.91 Å².